The van der Waals surface area contributed by atoms with Crippen molar-refractivity contribution in [2.24, 2.45) is 5.92 Å². The SMILES string of the molecule is BrC(Br)=CC1CCOCC1. The molecule has 10 heavy (non-hydrogen) atoms. The van der Waals surface area contributed by atoms with Crippen molar-refractivity contribution in [2.75, 3.05) is 13.2 Å². The summed E-state index contributed by atoms with van der Waals surface area (Å²) in [5, 5.41) is 0. The van der Waals surface area contributed by atoms with Gasteiger partial charge in [0.2, 0.25) is 0 Å². The minimum absolute atomic E-state index is 0.697. The van der Waals surface area contributed by atoms with E-state index in [9.17, 15) is 0 Å². The number of halogens is 2. The summed E-state index contributed by atoms with van der Waals surface area (Å²) in [5.41, 5.74) is 0. The summed E-state index contributed by atoms with van der Waals surface area (Å²) in [5.74, 6) is 0.697. The van der Waals surface area contributed by atoms with Gasteiger partial charge in [-0.15, -0.1) is 0 Å². The van der Waals surface area contributed by atoms with Crippen LogP contribution in [0.15, 0.2) is 9.47 Å². The Labute approximate surface area is 78.1 Å². The van der Waals surface area contributed by atoms with E-state index in [0.717, 1.165) is 29.4 Å². The van der Waals surface area contributed by atoms with Crippen LogP contribution in [0, 0.1) is 5.92 Å². The first-order chi connectivity index (χ1) is 4.79. The summed E-state index contributed by atoms with van der Waals surface area (Å²) in [4.78, 5) is 0. The fraction of sp³-hybridized carbons (Fsp3) is 0.714. The second kappa shape index (κ2) is 4.52. The van der Waals surface area contributed by atoms with E-state index in [1.165, 1.54) is 0 Å². The Morgan fingerprint density at radius 3 is 2.40 bits per heavy atom. The molecular weight excluding hydrogens is 260 g/mol. The lowest BCUT2D eigenvalue weighted by Gasteiger charge is -2.18. The van der Waals surface area contributed by atoms with E-state index in [1.54, 1.807) is 0 Å². The van der Waals surface area contributed by atoms with Gasteiger partial charge in [0.05, 0.1) is 3.39 Å². The van der Waals surface area contributed by atoms with Crippen molar-refractivity contribution in [2.45, 2.75) is 12.8 Å². The van der Waals surface area contributed by atoms with Crippen LogP contribution in [0.1, 0.15) is 12.8 Å². The van der Waals surface area contributed by atoms with Crippen molar-refractivity contribution in [3.8, 4) is 0 Å². The van der Waals surface area contributed by atoms with Gasteiger partial charge in [-0.05, 0) is 50.6 Å². The first-order valence-electron chi connectivity index (χ1n) is 3.39. The first-order valence-corrected chi connectivity index (χ1v) is 4.98. The summed E-state index contributed by atoms with van der Waals surface area (Å²) in [6.45, 7) is 1.82. The van der Waals surface area contributed by atoms with Crippen LogP contribution in [0.2, 0.25) is 0 Å². The highest BCUT2D eigenvalue weighted by atomic mass is 79.9. The molecule has 0 radical (unpaired) electrons. The van der Waals surface area contributed by atoms with Crippen LogP contribution in [0.5, 0.6) is 0 Å². The fourth-order valence-corrected chi connectivity index (χ4v) is 1.81. The van der Waals surface area contributed by atoms with Crippen molar-refractivity contribution in [1.29, 1.82) is 0 Å². The van der Waals surface area contributed by atoms with Gasteiger partial charge in [0.1, 0.15) is 0 Å². The van der Waals surface area contributed by atoms with Crippen LogP contribution in [-0.2, 0) is 4.74 Å². The van der Waals surface area contributed by atoms with Gasteiger partial charge in [-0.3, -0.25) is 0 Å². The van der Waals surface area contributed by atoms with Crippen molar-refractivity contribution in [3.05, 3.63) is 9.47 Å². The fourth-order valence-electron chi connectivity index (χ4n) is 1.06. The Morgan fingerprint density at radius 2 is 1.90 bits per heavy atom. The van der Waals surface area contributed by atoms with Crippen molar-refractivity contribution in [1.82, 2.24) is 0 Å². The van der Waals surface area contributed by atoms with Crippen LogP contribution >= 0.6 is 31.9 Å². The Hall–Kier alpha value is 0.660. The lowest BCUT2D eigenvalue weighted by atomic mass is 10.0. The van der Waals surface area contributed by atoms with Crippen LogP contribution in [0.4, 0.5) is 0 Å². The van der Waals surface area contributed by atoms with Gasteiger partial charge in [0.25, 0.3) is 0 Å². The molecule has 0 atom stereocenters. The topological polar surface area (TPSA) is 9.23 Å². The van der Waals surface area contributed by atoms with Gasteiger partial charge < -0.3 is 4.74 Å². The molecule has 1 aliphatic rings. The maximum atomic E-state index is 5.22. The minimum Gasteiger partial charge on any atom is -0.381 e. The van der Waals surface area contributed by atoms with E-state index in [2.05, 4.69) is 37.9 Å². The number of rotatable bonds is 1. The summed E-state index contributed by atoms with van der Waals surface area (Å²) >= 11 is 6.69. The van der Waals surface area contributed by atoms with Crippen molar-refractivity contribution < 1.29 is 4.74 Å². The monoisotopic (exact) mass is 268 g/mol. The van der Waals surface area contributed by atoms with Crippen LogP contribution in [0.3, 0.4) is 0 Å². The molecule has 0 N–H and O–H groups in total. The standard InChI is InChI=1S/C7H10Br2O/c8-7(9)5-6-1-3-10-4-2-6/h5-6H,1-4H2. The molecule has 1 heterocycles. The zero-order valence-corrected chi connectivity index (χ0v) is 8.82. The largest absolute Gasteiger partial charge is 0.381 e. The Kier molecular flexibility index (Phi) is 3.96. The van der Waals surface area contributed by atoms with E-state index in [4.69, 9.17) is 4.74 Å². The van der Waals surface area contributed by atoms with E-state index >= 15 is 0 Å². The molecule has 0 saturated carbocycles. The number of allylic oxidation sites excluding steroid dienone is 1. The Balaban J connectivity index is 2.33. The van der Waals surface area contributed by atoms with Crippen LogP contribution < -0.4 is 0 Å². The summed E-state index contributed by atoms with van der Waals surface area (Å²) in [6, 6.07) is 0. The van der Waals surface area contributed by atoms with Gasteiger partial charge in [0.15, 0.2) is 0 Å². The predicted octanol–water partition coefficient (Wildman–Crippen LogP) is 3.04. The Bertz CT molecular complexity index is 124. The smallest absolute Gasteiger partial charge is 0.0567 e. The van der Waals surface area contributed by atoms with E-state index in [1.807, 2.05) is 0 Å². The number of hydrogen-bond donors (Lipinski definition) is 0. The van der Waals surface area contributed by atoms with Crippen molar-refractivity contribution in [3.63, 3.8) is 0 Å². The molecule has 0 aromatic heterocycles. The van der Waals surface area contributed by atoms with Gasteiger partial charge in [0, 0.05) is 13.2 Å². The summed E-state index contributed by atoms with van der Waals surface area (Å²) < 4.78 is 6.28. The third kappa shape index (κ3) is 3.17. The third-order valence-electron chi connectivity index (χ3n) is 1.63. The molecule has 1 rings (SSSR count). The maximum absolute atomic E-state index is 5.22. The summed E-state index contributed by atoms with van der Waals surface area (Å²) in [6.07, 6.45) is 4.50. The Morgan fingerprint density at radius 1 is 1.30 bits per heavy atom. The van der Waals surface area contributed by atoms with E-state index < -0.39 is 0 Å². The van der Waals surface area contributed by atoms with Crippen LogP contribution in [0.25, 0.3) is 0 Å². The lowest BCUT2D eigenvalue weighted by Crippen LogP contribution is -2.13. The molecule has 0 aromatic carbocycles. The molecule has 58 valence electrons. The van der Waals surface area contributed by atoms with E-state index in [-0.39, 0.29) is 0 Å². The molecule has 1 aliphatic heterocycles. The zero-order valence-electron chi connectivity index (χ0n) is 5.65. The average Bonchev–Trinajstić information content (AvgIpc) is 1.88. The number of hydrogen-bond acceptors (Lipinski definition) is 1. The maximum Gasteiger partial charge on any atom is 0.0567 e. The van der Waals surface area contributed by atoms with Gasteiger partial charge >= 0.3 is 0 Å². The molecular formula is C7H10Br2O. The second-order valence-electron chi connectivity index (χ2n) is 2.41. The molecule has 1 fully saturated rings. The number of ether oxygens (including phenoxy) is 1. The molecule has 1 nitrogen and oxygen atoms in total. The zero-order chi connectivity index (χ0) is 7.40. The first kappa shape index (κ1) is 8.75. The highest BCUT2D eigenvalue weighted by Gasteiger charge is 2.10. The summed E-state index contributed by atoms with van der Waals surface area (Å²) in [7, 11) is 0. The molecule has 0 amide bonds. The predicted molar refractivity (Wildman–Crippen MR) is 49.5 cm³/mol. The molecule has 1 saturated heterocycles. The molecule has 0 spiro atoms. The second-order valence-corrected chi connectivity index (χ2v) is 5.18. The molecule has 3 heteroatoms. The normalized spacial score (nSPS) is 20.6. The van der Waals surface area contributed by atoms with Crippen molar-refractivity contribution >= 4 is 31.9 Å². The lowest BCUT2D eigenvalue weighted by molar-refractivity contribution is 0.0786. The third-order valence-corrected chi connectivity index (χ3v) is 2.16. The average molecular weight is 270 g/mol. The highest BCUT2D eigenvalue weighted by Crippen LogP contribution is 2.22. The molecule has 0 aromatic rings. The van der Waals surface area contributed by atoms with Gasteiger partial charge in [-0.1, -0.05) is 6.08 Å². The van der Waals surface area contributed by atoms with Gasteiger partial charge in [-0.2, -0.15) is 0 Å². The highest BCUT2D eigenvalue weighted by molar-refractivity contribution is 9.28. The van der Waals surface area contributed by atoms with E-state index in [0.29, 0.717) is 5.92 Å². The molecule has 0 bridgehead atoms. The van der Waals surface area contributed by atoms with Gasteiger partial charge in [-0.25, -0.2) is 0 Å². The van der Waals surface area contributed by atoms with Crippen LogP contribution in [-0.4, -0.2) is 13.2 Å². The molecule has 0 unspecified atom stereocenters. The molecule has 0 aliphatic carbocycles. The minimum atomic E-state index is 0.697. The quantitative estimate of drug-likeness (QED) is 0.711.